The molecule has 0 spiro atoms. The van der Waals surface area contributed by atoms with Crippen LogP contribution in [0.3, 0.4) is 0 Å². The Morgan fingerprint density at radius 1 is 1.44 bits per heavy atom. The molecule has 0 aliphatic carbocycles. The molecule has 2 rings (SSSR count). The molecule has 0 radical (unpaired) electrons. The maximum Gasteiger partial charge on any atom is 0.162 e. The summed E-state index contributed by atoms with van der Waals surface area (Å²) in [7, 11) is 0. The fraction of sp³-hybridized carbons (Fsp3) is 0.500. The van der Waals surface area contributed by atoms with E-state index in [2.05, 4.69) is 28.1 Å². The van der Waals surface area contributed by atoms with Crippen molar-refractivity contribution >= 4 is 15.9 Å². The monoisotopic (exact) mass is 285 g/mol. The van der Waals surface area contributed by atoms with Crippen LogP contribution >= 0.6 is 15.9 Å². The zero-order valence-electron chi connectivity index (χ0n) is 9.06. The highest BCUT2D eigenvalue weighted by molar-refractivity contribution is 9.10. The summed E-state index contributed by atoms with van der Waals surface area (Å²) < 4.78 is 12.4. The SMILES string of the molecule is NCCC1COC(Cc2cccc(Br)c2)O1. The van der Waals surface area contributed by atoms with Gasteiger partial charge in [0.05, 0.1) is 12.7 Å². The van der Waals surface area contributed by atoms with E-state index in [4.69, 9.17) is 15.2 Å². The molecule has 16 heavy (non-hydrogen) atoms. The van der Waals surface area contributed by atoms with E-state index in [1.165, 1.54) is 5.56 Å². The van der Waals surface area contributed by atoms with Crippen molar-refractivity contribution in [3.63, 3.8) is 0 Å². The summed E-state index contributed by atoms with van der Waals surface area (Å²) in [6.07, 6.45) is 1.71. The zero-order valence-corrected chi connectivity index (χ0v) is 10.7. The molecule has 2 atom stereocenters. The minimum absolute atomic E-state index is 0.120. The molecule has 2 unspecified atom stereocenters. The molecule has 1 aliphatic heterocycles. The van der Waals surface area contributed by atoms with Gasteiger partial charge in [0.25, 0.3) is 0 Å². The molecule has 1 saturated heterocycles. The lowest BCUT2D eigenvalue weighted by molar-refractivity contribution is -0.0563. The molecule has 0 bridgehead atoms. The predicted octanol–water partition coefficient (Wildman–Crippen LogP) is 2.08. The summed E-state index contributed by atoms with van der Waals surface area (Å²) >= 11 is 3.45. The van der Waals surface area contributed by atoms with E-state index in [0.29, 0.717) is 13.2 Å². The quantitative estimate of drug-likeness (QED) is 0.921. The van der Waals surface area contributed by atoms with Crippen molar-refractivity contribution in [2.45, 2.75) is 25.2 Å². The number of benzene rings is 1. The number of ether oxygens (including phenoxy) is 2. The van der Waals surface area contributed by atoms with Gasteiger partial charge in [-0.3, -0.25) is 0 Å². The van der Waals surface area contributed by atoms with Gasteiger partial charge in [0.2, 0.25) is 0 Å². The van der Waals surface area contributed by atoms with Crippen LogP contribution in [0.5, 0.6) is 0 Å². The topological polar surface area (TPSA) is 44.5 Å². The first-order chi connectivity index (χ1) is 7.78. The summed E-state index contributed by atoms with van der Waals surface area (Å²) in [6.45, 7) is 1.31. The smallest absolute Gasteiger partial charge is 0.162 e. The molecule has 0 amide bonds. The van der Waals surface area contributed by atoms with Crippen LogP contribution in [0.25, 0.3) is 0 Å². The molecule has 0 aromatic heterocycles. The van der Waals surface area contributed by atoms with E-state index in [1.54, 1.807) is 0 Å². The van der Waals surface area contributed by atoms with Gasteiger partial charge < -0.3 is 15.2 Å². The van der Waals surface area contributed by atoms with Gasteiger partial charge in [0.1, 0.15) is 0 Å². The molecule has 0 saturated carbocycles. The van der Waals surface area contributed by atoms with Crippen molar-refractivity contribution in [1.29, 1.82) is 0 Å². The molecular weight excluding hydrogens is 270 g/mol. The third kappa shape index (κ3) is 3.28. The minimum Gasteiger partial charge on any atom is -0.350 e. The molecule has 3 nitrogen and oxygen atoms in total. The Hall–Kier alpha value is -0.420. The van der Waals surface area contributed by atoms with Crippen LogP contribution in [-0.2, 0) is 15.9 Å². The van der Waals surface area contributed by atoms with E-state index in [9.17, 15) is 0 Å². The first-order valence-electron chi connectivity index (χ1n) is 5.49. The van der Waals surface area contributed by atoms with E-state index in [-0.39, 0.29) is 12.4 Å². The lowest BCUT2D eigenvalue weighted by Crippen LogP contribution is -2.17. The molecule has 1 fully saturated rings. The van der Waals surface area contributed by atoms with Gasteiger partial charge in [-0.15, -0.1) is 0 Å². The largest absolute Gasteiger partial charge is 0.350 e. The lowest BCUT2D eigenvalue weighted by atomic mass is 10.1. The molecule has 1 aromatic rings. The van der Waals surface area contributed by atoms with Gasteiger partial charge in [0, 0.05) is 10.9 Å². The number of rotatable bonds is 4. The molecule has 1 heterocycles. The van der Waals surface area contributed by atoms with E-state index >= 15 is 0 Å². The second-order valence-corrected chi connectivity index (χ2v) is 4.85. The molecule has 2 N–H and O–H groups in total. The standard InChI is InChI=1S/C12H16BrNO2/c13-10-3-1-2-9(6-10)7-12-15-8-11(16-12)4-5-14/h1-3,6,11-12H,4-5,7-8,14H2. The van der Waals surface area contributed by atoms with Crippen molar-refractivity contribution in [1.82, 2.24) is 0 Å². The highest BCUT2D eigenvalue weighted by Crippen LogP contribution is 2.19. The maximum atomic E-state index is 5.73. The summed E-state index contributed by atoms with van der Waals surface area (Å²) in [4.78, 5) is 0. The Morgan fingerprint density at radius 2 is 2.31 bits per heavy atom. The fourth-order valence-electron chi connectivity index (χ4n) is 1.81. The van der Waals surface area contributed by atoms with Crippen LogP contribution in [0.2, 0.25) is 0 Å². The normalized spacial score (nSPS) is 24.9. The van der Waals surface area contributed by atoms with Crippen LogP contribution < -0.4 is 5.73 Å². The van der Waals surface area contributed by atoms with Gasteiger partial charge in [-0.25, -0.2) is 0 Å². The van der Waals surface area contributed by atoms with Crippen molar-refractivity contribution in [2.75, 3.05) is 13.2 Å². The molecular formula is C12H16BrNO2. The second-order valence-electron chi connectivity index (χ2n) is 3.93. The van der Waals surface area contributed by atoms with Crippen molar-refractivity contribution < 1.29 is 9.47 Å². The molecule has 1 aromatic carbocycles. The Morgan fingerprint density at radius 3 is 3.06 bits per heavy atom. The Bertz CT molecular complexity index is 346. The highest BCUT2D eigenvalue weighted by atomic mass is 79.9. The predicted molar refractivity (Wildman–Crippen MR) is 66.1 cm³/mol. The van der Waals surface area contributed by atoms with Crippen LogP contribution in [0.15, 0.2) is 28.7 Å². The second kappa shape index (κ2) is 5.77. The van der Waals surface area contributed by atoms with E-state index in [1.807, 2.05) is 12.1 Å². The maximum absolute atomic E-state index is 5.73. The Labute approximate surface area is 104 Å². The molecule has 88 valence electrons. The number of hydrogen-bond donors (Lipinski definition) is 1. The van der Waals surface area contributed by atoms with Gasteiger partial charge >= 0.3 is 0 Å². The highest BCUT2D eigenvalue weighted by Gasteiger charge is 2.25. The summed E-state index contributed by atoms with van der Waals surface area (Å²) in [5.74, 6) is 0. The summed E-state index contributed by atoms with van der Waals surface area (Å²) in [5, 5.41) is 0. The third-order valence-corrected chi connectivity index (χ3v) is 3.09. The Kier molecular flexibility index (Phi) is 4.35. The van der Waals surface area contributed by atoms with Crippen molar-refractivity contribution in [2.24, 2.45) is 5.73 Å². The third-order valence-electron chi connectivity index (χ3n) is 2.59. The summed E-state index contributed by atoms with van der Waals surface area (Å²) in [5.41, 5.74) is 6.70. The Balaban J connectivity index is 1.87. The van der Waals surface area contributed by atoms with Crippen LogP contribution in [0.1, 0.15) is 12.0 Å². The van der Waals surface area contributed by atoms with E-state index in [0.717, 1.165) is 17.3 Å². The minimum atomic E-state index is -0.120. The first kappa shape index (κ1) is 12.0. The van der Waals surface area contributed by atoms with Crippen LogP contribution in [-0.4, -0.2) is 25.5 Å². The number of halogens is 1. The average molecular weight is 286 g/mol. The van der Waals surface area contributed by atoms with Crippen LogP contribution in [0, 0.1) is 0 Å². The first-order valence-corrected chi connectivity index (χ1v) is 6.29. The van der Waals surface area contributed by atoms with E-state index < -0.39 is 0 Å². The van der Waals surface area contributed by atoms with Gasteiger partial charge in [0.15, 0.2) is 6.29 Å². The fourth-order valence-corrected chi connectivity index (χ4v) is 2.26. The number of hydrogen-bond acceptors (Lipinski definition) is 3. The van der Waals surface area contributed by atoms with Crippen LogP contribution in [0.4, 0.5) is 0 Å². The van der Waals surface area contributed by atoms with Gasteiger partial charge in [-0.1, -0.05) is 28.1 Å². The van der Waals surface area contributed by atoms with Crippen molar-refractivity contribution in [3.8, 4) is 0 Å². The van der Waals surface area contributed by atoms with Gasteiger partial charge in [-0.2, -0.15) is 0 Å². The number of nitrogens with two attached hydrogens (primary N) is 1. The molecule has 4 heteroatoms. The van der Waals surface area contributed by atoms with Gasteiger partial charge in [-0.05, 0) is 30.7 Å². The lowest BCUT2D eigenvalue weighted by Gasteiger charge is -2.11. The average Bonchev–Trinajstić information content (AvgIpc) is 2.66. The molecule has 1 aliphatic rings. The summed E-state index contributed by atoms with van der Waals surface area (Å²) in [6, 6.07) is 8.19. The van der Waals surface area contributed by atoms with Crippen molar-refractivity contribution in [3.05, 3.63) is 34.3 Å². The zero-order chi connectivity index (χ0) is 11.4.